The minimum atomic E-state index is -0.976. The normalized spacial score (nSPS) is 14.6. The summed E-state index contributed by atoms with van der Waals surface area (Å²) in [5, 5.41) is 17.4. The lowest BCUT2D eigenvalue weighted by atomic mass is 10.1. The second-order valence-corrected chi connectivity index (χ2v) is 8.92. The fourth-order valence-corrected chi connectivity index (χ4v) is 4.41. The van der Waals surface area contributed by atoms with Gasteiger partial charge in [0.05, 0.1) is 30.5 Å². The lowest BCUT2D eigenvalue weighted by Gasteiger charge is -2.25. The third-order valence-corrected chi connectivity index (χ3v) is 6.36. The minimum Gasteiger partial charge on any atom is -0.495 e. The van der Waals surface area contributed by atoms with Crippen LogP contribution >= 0.6 is 0 Å². The Bertz CT molecular complexity index is 1310. The van der Waals surface area contributed by atoms with Gasteiger partial charge in [-0.1, -0.05) is 18.2 Å². The largest absolute Gasteiger partial charge is 0.495 e. The highest BCUT2D eigenvalue weighted by Crippen LogP contribution is 2.27. The Morgan fingerprint density at radius 2 is 1.76 bits per heavy atom. The number of nitrogens with one attached hydrogen (secondary N) is 3. The van der Waals surface area contributed by atoms with Gasteiger partial charge in [-0.3, -0.25) is 4.79 Å². The van der Waals surface area contributed by atoms with E-state index in [9.17, 15) is 18.8 Å². The van der Waals surface area contributed by atoms with Crippen molar-refractivity contribution in [2.45, 2.75) is 25.3 Å². The van der Waals surface area contributed by atoms with E-state index < -0.39 is 17.8 Å². The van der Waals surface area contributed by atoms with E-state index >= 15 is 0 Å². The molecule has 1 heterocycles. The van der Waals surface area contributed by atoms with Crippen molar-refractivity contribution < 1.29 is 28.6 Å². The maximum Gasteiger partial charge on any atom is 0.335 e. The number of halogens is 1. The van der Waals surface area contributed by atoms with Crippen LogP contribution in [0.1, 0.15) is 28.8 Å². The molecule has 10 heteroatoms. The van der Waals surface area contributed by atoms with E-state index in [0.29, 0.717) is 24.5 Å². The van der Waals surface area contributed by atoms with Gasteiger partial charge in [0.1, 0.15) is 11.6 Å². The molecule has 0 unspecified atom stereocenters. The first-order valence-corrected chi connectivity index (χ1v) is 12.2. The Morgan fingerprint density at radius 3 is 2.47 bits per heavy atom. The first kappa shape index (κ1) is 26.5. The van der Waals surface area contributed by atoms with Gasteiger partial charge in [0, 0.05) is 24.8 Å². The topological polar surface area (TPSA) is 120 Å². The number of hydrogen-bond donors (Lipinski definition) is 4. The third-order valence-electron chi connectivity index (χ3n) is 6.36. The zero-order valence-corrected chi connectivity index (χ0v) is 20.9. The molecule has 1 aliphatic rings. The molecule has 198 valence electrons. The fraction of sp³-hybridized carbons (Fsp3) is 0.250. The molecule has 3 aromatic rings. The van der Waals surface area contributed by atoms with Gasteiger partial charge >= 0.3 is 12.0 Å². The Balaban J connectivity index is 1.34. The number of nitrogens with zero attached hydrogens (tertiary/aromatic N) is 1. The molecule has 0 aromatic heterocycles. The van der Waals surface area contributed by atoms with Crippen molar-refractivity contribution in [3.8, 4) is 5.75 Å². The Hall–Kier alpha value is -4.60. The number of methoxy groups -OCH3 is 1. The summed E-state index contributed by atoms with van der Waals surface area (Å²) in [4.78, 5) is 38.4. The molecule has 1 atom stereocenters. The van der Waals surface area contributed by atoms with Crippen molar-refractivity contribution in [2.24, 2.45) is 0 Å². The number of carbonyl (C=O) groups excluding carboxylic acids is 2. The maximum absolute atomic E-state index is 13.8. The van der Waals surface area contributed by atoms with Crippen LogP contribution in [0.25, 0.3) is 0 Å². The molecule has 0 spiro atoms. The van der Waals surface area contributed by atoms with Crippen LogP contribution < -0.4 is 20.7 Å². The number of hydrogen-bond acceptors (Lipinski definition) is 5. The first-order valence-electron chi connectivity index (χ1n) is 12.2. The van der Waals surface area contributed by atoms with Crippen molar-refractivity contribution >= 4 is 35.0 Å². The van der Waals surface area contributed by atoms with Gasteiger partial charge in [0.15, 0.2) is 0 Å². The number of aromatic carboxylic acids is 1. The molecule has 38 heavy (non-hydrogen) atoms. The lowest BCUT2D eigenvalue weighted by Crippen LogP contribution is -2.40. The van der Waals surface area contributed by atoms with Gasteiger partial charge < -0.3 is 30.7 Å². The summed E-state index contributed by atoms with van der Waals surface area (Å²) in [6.07, 6.45) is 1.94. The second kappa shape index (κ2) is 12.1. The number of carbonyl (C=O) groups is 3. The van der Waals surface area contributed by atoms with Gasteiger partial charge in [-0.05, 0) is 66.9 Å². The average molecular weight is 521 g/mol. The number of para-hydroxylation sites is 1. The molecule has 0 aliphatic carbocycles. The van der Waals surface area contributed by atoms with Crippen LogP contribution in [0, 0.1) is 5.82 Å². The number of likely N-dealkylation sites (tertiary alicyclic amines) is 1. The molecule has 3 amide bonds. The minimum absolute atomic E-state index is 0.0180. The molecule has 4 rings (SSSR count). The van der Waals surface area contributed by atoms with E-state index in [-0.39, 0.29) is 29.6 Å². The summed E-state index contributed by atoms with van der Waals surface area (Å²) in [7, 11) is 1.46. The molecule has 1 fully saturated rings. The second-order valence-electron chi connectivity index (χ2n) is 8.92. The highest BCUT2D eigenvalue weighted by molar-refractivity contribution is 6.00. The first-order chi connectivity index (χ1) is 18.3. The van der Waals surface area contributed by atoms with Crippen molar-refractivity contribution in [1.29, 1.82) is 0 Å². The average Bonchev–Trinajstić information content (AvgIpc) is 3.39. The van der Waals surface area contributed by atoms with Crippen molar-refractivity contribution in [2.75, 3.05) is 36.1 Å². The van der Waals surface area contributed by atoms with Crippen LogP contribution in [0.2, 0.25) is 0 Å². The molecule has 3 aromatic carbocycles. The Morgan fingerprint density at radius 1 is 1.03 bits per heavy atom. The van der Waals surface area contributed by atoms with Gasteiger partial charge in [-0.25, -0.2) is 14.0 Å². The molecule has 1 saturated heterocycles. The zero-order chi connectivity index (χ0) is 27.1. The number of carboxylic acids is 1. The highest BCUT2D eigenvalue weighted by atomic mass is 19.1. The SMILES string of the molecule is COc1cc(CC(=O)N2CCC[C@H]2CNc2ccc(C(=O)O)cc2)ccc1NC(=O)Nc1ccccc1F. The fourth-order valence-electron chi connectivity index (χ4n) is 4.41. The van der Waals surface area contributed by atoms with Gasteiger partial charge in [0.25, 0.3) is 0 Å². The van der Waals surface area contributed by atoms with E-state index in [1.165, 1.54) is 37.4 Å². The van der Waals surface area contributed by atoms with Crippen LogP contribution in [-0.4, -0.2) is 54.2 Å². The molecular weight excluding hydrogens is 491 g/mol. The van der Waals surface area contributed by atoms with E-state index in [1.54, 1.807) is 36.4 Å². The van der Waals surface area contributed by atoms with Gasteiger partial charge in [-0.15, -0.1) is 0 Å². The Kier molecular flexibility index (Phi) is 8.42. The van der Waals surface area contributed by atoms with E-state index in [4.69, 9.17) is 9.84 Å². The van der Waals surface area contributed by atoms with Crippen molar-refractivity contribution in [3.05, 3.63) is 83.7 Å². The molecule has 0 radical (unpaired) electrons. The highest BCUT2D eigenvalue weighted by Gasteiger charge is 2.28. The number of carboxylic acid groups (broad SMARTS) is 1. The Labute approximate surface area is 219 Å². The van der Waals surface area contributed by atoms with E-state index in [1.807, 2.05) is 4.90 Å². The molecule has 9 nitrogen and oxygen atoms in total. The van der Waals surface area contributed by atoms with Crippen molar-refractivity contribution in [3.63, 3.8) is 0 Å². The van der Waals surface area contributed by atoms with Crippen LogP contribution in [-0.2, 0) is 11.2 Å². The number of anilines is 3. The summed E-state index contributed by atoms with van der Waals surface area (Å²) in [6, 6.07) is 16.8. The molecular formula is C28H29FN4O5. The lowest BCUT2D eigenvalue weighted by molar-refractivity contribution is -0.131. The van der Waals surface area contributed by atoms with Crippen LogP contribution in [0.4, 0.5) is 26.2 Å². The number of benzene rings is 3. The number of amides is 3. The van der Waals surface area contributed by atoms with Crippen molar-refractivity contribution in [1.82, 2.24) is 4.90 Å². The summed E-state index contributed by atoms with van der Waals surface area (Å²) in [6.45, 7) is 1.22. The third kappa shape index (κ3) is 6.58. The zero-order valence-electron chi connectivity index (χ0n) is 20.9. The standard InChI is InChI=1S/C28H29FN4O5/c1-38-25-15-18(8-13-24(25)32-28(37)31-23-7-3-2-6-22(23)29)16-26(34)33-14-4-5-21(33)17-30-20-11-9-19(10-12-20)27(35)36/h2-3,6-13,15,21,30H,4-5,14,16-17H2,1H3,(H,35,36)(H2,31,32,37)/t21-/m0/s1. The summed E-state index contributed by atoms with van der Waals surface area (Å²) in [5.41, 5.74) is 2.18. The van der Waals surface area contributed by atoms with Crippen LogP contribution in [0.15, 0.2) is 66.7 Å². The predicted octanol–water partition coefficient (Wildman–Crippen LogP) is 4.82. The summed E-state index contributed by atoms with van der Waals surface area (Å²) in [5.74, 6) is -1.16. The molecule has 1 aliphatic heterocycles. The molecule has 0 bridgehead atoms. The van der Waals surface area contributed by atoms with E-state index in [2.05, 4.69) is 16.0 Å². The monoisotopic (exact) mass is 520 g/mol. The number of ether oxygens (including phenoxy) is 1. The van der Waals surface area contributed by atoms with E-state index in [0.717, 1.165) is 24.1 Å². The molecule has 0 saturated carbocycles. The predicted molar refractivity (Wildman–Crippen MR) is 142 cm³/mol. The van der Waals surface area contributed by atoms with Crippen LogP contribution in [0.5, 0.6) is 5.75 Å². The summed E-state index contributed by atoms with van der Waals surface area (Å²) >= 11 is 0. The smallest absolute Gasteiger partial charge is 0.335 e. The van der Waals surface area contributed by atoms with Gasteiger partial charge in [0.2, 0.25) is 5.91 Å². The quantitative estimate of drug-likeness (QED) is 0.321. The number of urea groups is 1. The van der Waals surface area contributed by atoms with Crippen LogP contribution in [0.3, 0.4) is 0 Å². The summed E-state index contributed by atoms with van der Waals surface area (Å²) < 4.78 is 19.2. The molecule has 4 N–H and O–H groups in total. The maximum atomic E-state index is 13.8. The number of rotatable bonds is 9. The van der Waals surface area contributed by atoms with Gasteiger partial charge in [-0.2, -0.15) is 0 Å².